The molecule has 11 heteroatoms. The van der Waals surface area contributed by atoms with Gasteiger partial charge in [0.2, 0.25) is 5.91 Å². The number of nitrogens with one attached hydrogen (secondary N) is 1. The molecule has 7 N–H and O–H groups in total. The second-order valence-corrected chi connectivity index (χ2v) is 6.15. The number of rotatable bonds is 8. The van der Waals surface area contributed by atoms with E-state index in [4.69, 9.17) is 38.9 Å². The molecule has 0 saturated carbocycles. The van der Waals surface area contributed by atoms with Gasteiger partial charge in [0.15, 0.2) is 6.61 Å². The van der Waals surface area contributed by atoms with Gasteiger partial charge in [-0.15, -0.1) is 0 Å². The van der Waals surface area contributed by atoms with Crippen molar-refractivity contribution in [2.75, 3.05) is 6.61 Å². The van der Waals surface area contributed by atoms with Gasteiger partial charge >= 0.3 is 0 Å². The van der Waals surface area contributed by atoms with Gasteiger partial charge in [0.25, 0.3) is 11.6 Å². The van der Waals surface area contributed by atoms with E-state index in [-0.39, 0.29) is 39.8 Å². The lowest BCUT2D eigenvalue weighted by Crippen LogP contribution is -2.21. The Morgan fingerprint density at radius 3 is 2.39 bits per heavy atom. The largest absolute Gasteiger partial charge is 0.483 e. The molecular weight excluding hydrogens is 390 g/mol. The molecule has 0 aliphatic rings. The maximum atomic E-state index is 11.8. The van der Waals surface area contributed by atoms with E-state index in [1.807, 2.05) is 0 Å². The zero-order chi connectivity index (χ0) is 21.0. The van der Waals surface area contributed by atoms with Gasteiger partial charge in [-0.25, -0.2) is 0 Å². The zero-order valence-electron chi connectivity index (χ0n) is 14.4. The van der Waals surface area contributed by atoms with Crippen LogP contribution in [0.2, 0.25) is 5.02 Å². The third-order valence-electron chi connectivity index (χ3n) is 3.77. The fraction of sp³-hybridized carbons (Fsp3) is 0.118. The Labute approximate surface area is 163 Å². The first-order valence-corrected chi connectivity index (χ1v) is 8.13. The summed E-state index contributed by atoms with van der Waals surface area (Å²) in [5.74, 6) is -1.64. The van der Waals surface area contributed by atoms with E-state index in [1.54, 1.807) is 6.07 Å². The van der Waals surface area contributed by atoms with Crippen LogP contribution in [-0.2, 0) is 11.2 Å². The van der Waals surface area contributed by atoms with E-state index >= 15 is 0 Å². The lowest BCUT2D eigenvalue weighted by atomic mass is 9.97. The van der Waals surface area contributed by atoms with Crippen LogP contribution in [-0.4, -0.2) is 29.2 Å². The number of nitrogens with two attached hydrogens (primary N) is 3. The summed E-state index contributed by atoms with van der Waals surface area (Å²) in [6.07, 6.45) is 0.0153. The smallest absolute Gasteiger partial charge is 0.271 e. The Kier molecular flexibility index (Phi) is 6.16. The fourth-order valence-corrected chi connectivity index (χ4v) is 2.75. The molecule has 0 aromatic heterocycles. The highest BCUT2D eigenvalue weighted by atomic mass is 35.5. The minimum atomic E-state index is -0.888. The van der Waals surface area contributed by atoms with Crippen LogP contribution in [0.1, 0.15) is 27.0 Å². The maximum absolute atomic E-state index is 11.8. The minimum Gasteiger partial charge on any atom is -0.483 e. The minimum absolute atomic E-state index is 0.0153. The van der Waals surface area contributed by atoms with E-state index in [2.05, 4.69) is 0 Å². The van der Waals surface area contributed by atoms with Crippen LogP contribution in [0.5, 0.6) is 5.75 Å². The lowest BCUT2D eigenvalue weighted by molar-refractivity contribution is -0.384. The van der Waals surface area contributed by atoms with Gasteiger partial charge in [-0.3, -0.25) is 25.1 Å². The van der Waals surface area contributed by atoms with Crippen molar-refractivity contribution in [1.29, 1.82) is 5.41 Å². The average Bonchev–Trinajstić information content (AvgIpc) is 2.61. The van der Waals surface area contributed by atoms with E-state index in [0.29, 0.717) is 11.1 Å². The summed E-state index contributed by atoms with van der Waals surface area (Å²) in [6, 6.07) is 6.69. The van der Waals surface area contributed by atoms with Crippen molar-refractivity contribution in [2.24, 2.45) is 17.2 Å². The normalized spacial score (nSPS) is 10.3. The SMILES string of the molecule is N=C(N)c1ccc(Cc2c(Cl)cc([N+](=O)[O-])cc2C(N)=O)c(OCC(N)=O)c1. The summed E-state index contributed by atoms with van der Waals surface area (Å²) in [4.78, 5) is 33.1. The lowest BCUT2D eigenvalue weighted by Gasteiger charge is -2.14. The van der Waals surface area contributed by atoms with Crippen LogP contribution in [0.3, 0.4) is 0 Å². The molecule has 146 valence electrons. The van der Waals surface area contributed by atoms with E-state index in [1.165, 1.54) is 12.1 Å². The molecule has 0 atom stereocenters. The topological polar surface area (TPSA) is 188 Å². The van der Waals surface area contributed by atoms with Gasteiger partial charge in [0.05, 0.1) is 15.5 Å². The number of hydrogen-bond acceptors (Lipinski definition) is 6. The number of halogens is 1. The Bertz CT molecular complexity index is 992. The fourth-order valence-electron chi connectivity index (χ4n) is 2.47. The number of benzene rings is 2. The molecule has 10 nitrogen and oxygen atoms in total. The zero-order valence-corrected chi connectivity index (χ0v) is 15.2. The molecule has 0 aliphatic heterocycles. The maximum Gasteiger partial charge on any atom is 0.271 e. The van der Waals surface area contributed by atoms with Crippen molar-refractivity contribution in [3.05, 3.63) is 67.7 Å². The summed E-state index contributed by atoms with van der Waals surface area (Å²) in [5.41, 5.74) is 16.5. The third kappa shape index (κ3) is 4.74. The van der Waals surface area contributed by atoms with Gasteiger partial charge in [-0.1, -0.05) is 23.7 Å². The summed E-state index contributed by atoms with van der Waals surface area (Å²) in [7, 11) is 0. The van der Waals surface area contributed by atoms with Gasteiger partial charge in [0, 0.05) is 24.1 Å². The van der Waals surface area contributed by atoms with Crippen molar-refractivity contribution < 1.29 is 19.2 Å². The van der Waals surface area contributed by atoms with Crippen molar-refractivity contribution in [3.63, 3.8) is 0 Å². The van der Waals surface area contributed by atoms with Gasteiger partial charge < -0.3 is 21.9 Å². The highest BCUT2D eigenvalue weighted by molar-refractivity contribution is 6.32. The molecule has 0 saturated heterocycles. The van der Waals surface area contributed by atoms with Crippen LogP contribution in [0.4, 0.5) is 5.69 Å². The van der Waals surface area contributed by atoms with Gasteiger partial charge in [0.1, 0.15) is 11.6 Å². The second-order valence-electron chi connectivity index (χ2n) is 5.74. The number of primary amides is 2. The van der Waals surface area contributed by atoms with Crippen molar-refractivity contribution >= 4 is 34.9 Å². The van der Waals surface area contributed by atoms with E-state index < -0.39 is 23.3 Å². The highest BCUT2D eigenvalue weighted by Gasteiger charge is 2.20. The number of nitro benzene ring substituents is 1. The van der Waals surface area contributed by atoms with Crippen molar-refractivity contribution in [2.45, 2.75) is 6.42 Å². The number of nitrogens with zero attached hydrogens (tertiary/aromatic N) is 1. The molecule has 28 heavy (non-hydrogen) atoms. The van der Waals surface area contributed by atoms with E-state index in [0.717, 1.165) is 12.1 Å². The molecule has 0 bridgehead atoms. The first-order valence-electron chi connectivity index (χ1n) is 7.75. The summed E-state index contributed by atoms with van der Waals surface area (Å²) >= 11 is 6.15. The Hall–Kier alpha value is -3.66. The molecule has 0 heterocycles. The number of non-ortho nitro benzene ring substituents is 1. The quantitative estimate of drug-likeness (QED) is 0.220. The first kappa shape index (κ1) is 20.6. The molecule has 0 spiro atoms. The highest BCUT2D eigenvalue weighted by Crippen LogP contribution is 2.31. The van der Waals surface area contributed by atoms with E-state index in [9.17, 15) is 19.7 Å². The van der Waals surface area contributed by atoms with Crippen LogP contribution in [0.25, 0.3) is 0 Å². The molecule has 2 aromatic carbocycles. The number of ether oxygens (including phenoxy) is 1. The van der Waals surface area contributed by atoms with Crippen molar-refractivity contribution in [3.8, 4) is 5.75 Å². The summed E-state index contributed by atoms with van der Waals surface area (Å²) < 4.78 is 5.37. The molecule has 2 aromatic rings. The predicted molar refractivity (Wildman–Crippen MR) is 102 cm³/mol. The van der Waals surface area contributed by atoms with Crippen LogP contribution >= 0.6 is 11.6 Å². The van der Waals surface area contributed by atoms with Gasteiger partial charge in [-0.2, -0.15) is 0 Å². The summed E-state index contributed by atoms with van der Waals surface area (Å²) in [5, 5.41) is 18.5. The Morgan fingerprint density at radius 1 is 1.18 bits per heavy atom. The molecule has 2 amide bonds. The third-order valence-corrected chi connectivity index (χ3v) is 4.11. The predicted octanol–water partition coefficient (Wildman–Crippen LogP) is 1.09. The Morgan fingerprint density at radius 2 is 1.86 bits per heavy atom. The number of amides is 2. The number of carbonyl (C=O) groups is 2. The van der Waals surface area contributed by atoms with Gasteiger partial charge in [-0.05, 0) is 17.2 Å². The number of carbonyl (C=O) groups excluding carboxylic acids is 2. The molecular formula is C17H16ClN5O5. The first-order chi connectivity index (χ1) is 13.1. The number of hydrogen-bond donors (Lipinski definition) is 4. The molecule has 0 radical (unpaired) electrons. The van der Waals surface area contributed by atoms with Crippen molar-refractivity contribution in [1.82, 2.24) is 0 Å². The van der Waals surface area contributed by atoms with Crippen LogP contribution in [0, 0.1) is 15.5 Å². The molecule has 0 aliphatic carbocycles. The summed E-state index contributed by atoms with van der Waals surface area (Å²) in [6.45, 7) is -0.426. The monoisotopic (exact) mass is 405 g/mol. The van der Waals surface area contributed by atoms with Crippen LogP contribution in [0.15, 0.2) is 30.3 Å². The average molecular weight is 406 g/mol. The Balaban J connectivity index is 2.55. The molecule has 0 fully saturated rings. The molecule has 0 unspecified atom stereocenters. The second kappa shape index (κ2) is 8.35. The number of nitrogen functional groups attached to an aromatic ring is 1. The number of nitro groups is 1. The molecule has 2 rings (SSSR count). The number of amidine groups is 1. The standard InChI is InChI=1S/C17H16ClN5O5/c18-13-6-10(23(26)27)5-12(17(22)25)11(13)3-8-1-2-9(16(20)21)4-14(8)28-7-15(19)24/h1-2,4-6H,3,7H2,(H2,19,24)(H3,20,21)(H2,22,25). The van der Waals surface area contributed by atoms with Crippen LogP contribution < -0.4 is 21.9 Å².